The molecule has 4 rings (SSSR count). The Labute approximate surface area is 184 Å². The van der Waals surface area contributed by atoms with Gasteiger partial charge in [-0.15, -0.1) is 6.58 Å². The Hall–Kier alpha value is -3.05. The number of carbonyl (C=O) groups is 1. The van der Waals surface area contributed by atoms with E-state index in [1.165, 1.54) is 5.56 Å². The topological polar surface area (TPSA) is 37.7 Å². The summed E-state index contributed by atoms with van der Waals surface area (Å²) in [7, 11) is 0. The van der Waals surface area contributed by atoms with E-state index in [2.05, 4.69) is 48.1 Å². The van der Waals surface area contributed by atoms with Gasteiger partial charge in [0.05, 0.1) is 5.52 Å². The summed E-state index contributed by atoms with van der Waals surface area (Å²) in [5, 5.41) is 0.965. The molecule has 1 aliphatic rings. The Balaban J connectivity index is 1.63. The molecule has 1 aromatic heterocycles. The minimum absolute atomic E-state index is 0.0819. The van der Waals surface area contributed by atoms with E-state index in [1.807, 2.05) is 41.3 Å². The molecule has 0 unspecified atom stereocenters. The van der Waals surface area contributed by atoms with E-state index in [0.29, 0.717) is 18.8 Å². The number of benzene rings is 2. The van der Waals surface area contributed by atoms with Crippen molar-refractivity contribution in [1.82, 2.24) is 14.4 Å². The van der Waals surface area contributed by atoms with Crippen LogP contribution >= 0.6 is 0 Å². The zero-order chi connectivity index (χ0) is 21.8. The zero-order valence-electron chi connectivity index (χ0n) is 18.5. The SMILES string of the molecule is C=CCn1c(C(=O)N2CCN(CC)CC2)cc2c(OCc3cccc(C)c3)cccc21. The molecule has 31 heavy (non-hydrogen) atoms. The van der Waals surface area contributed by atoms with Gasteiger partial charge in [0.1, 0.15) is 18.1 Å². The highest BCUT2D eigenvalue weighted by Gasteiger charge is 2.25. The summed E-state index contributed by atoms with van der Waals surface area (Å²) in [5.74, 6) is 0.880. The predicted octanol–water partition coefficient (Wildman–Crippen LogP) is 4.49. The number of likely N-dealkylation sites (N-methyl/N-ethyl adjacent to an activating group) is 1. The number of ether oxygens (including phenoxy) is 1. The van der Waals surface area contributed by atoms with Crippen LogP contribution in [0.3, 0.4) is 0 Å². The van der Waals surface area contributed by atoms with Crippen LogP contribution in [-0.4, -0.2) is 53.0 Å². The highest BCUT2D eigenvalue weighted by atomic mass is 16.5. The first kappa shape index (κ1) is 21.2. The fraction of sp³-hybridized carbons (Fsp3) is 0.346. The number of hydrogen-bond donors (Lipinski definition) is 0. The van der Waals surface area contributed by atoms with Gasteiger partial charge in [0.2, 0.25) is 0 Å². The third kappa shape index (κ3) is 4.52. The second-order valence-electron chi connectivity index (χ2n) is 8.12. The summed E-state index contributed by atoms with van der Waals surface area (Å²) in [6.45, 7) is 13.6. The zero-order valence-corrected chi connectivity index (χ0v) is 18.5. The molecule has 162 valence electrons. The molecule has 0 aliphatic carbocycles. The molecule has 2 heterocycles. The van der Waals surface area contributed by atoms with E-state index in [1.54, 1.807) is 0 Å². The number of amides is 1. The minimum Gasteiger partial charge on any atom is -0.488 e. The number of carbonyl (C=O) groups excluding carboxylic acids is 1. The molecule has 2 aromatic carbocycles. The Kier molecular flexibility index (Phi) is 6.42. The van der Waals surface area contributed by atoms with Crippen molar-refractivity contribution in [2.45, 2.75) is 27.0 Å². The molecule has 0 radical (unpaired) electrons. The predicted molar refractivity (Wildman–Crippen MR) is 126 cm³/mol. The normalized spacial score (nSPS) is 14.7. The quantitative estimate of drug-likeness (QED) is 0.532. The Morgan fingerprint density at radius 2 is 1.87 bits per heavy atom. The van der Waals surface area contributed by atoms with Gasteiger partial charge in [-0.25, -0.2) is 0 Å². The summed E-state index contributed by atoms with van der Waals surface area (Å²) in [4.78, 5) is 17.7. The number of aryl methyl sites for hydroxylation is 1. The van der Waals surface area contributed by atoms with Crippen LogP contribution < -0.4 is 4.74 Å². The minimum atomic E-state index is 0.0819. The first-order valence-electron chi connectivity index (χ1n) is 11.0. The Morgan fingerprint density at radius 1 is 1.10 bits per heavy atom. The first-order chi connectivity index (χ1) is 15.1. The van der Waals surface area contributed by atoms with Crippen molar-refractivity contribution in [3.05, 3.63) is 78.0 Å². The lowest BCUT2D eigenvalue weighted by Gasteiger charge is -2.34. The fourth-order valence-corrected chi connectivity index (χ4v) is 4.28. The number of fused-ring (bicyclic) bond motifs is 1. The molecule has 1 aliphatic heterocycles. The molecule has 5 nitrogen and oxygen atoms in total. The smallest absolute Gasteiger partial charge is 0.270 e. The van der Waals surface area contributed by atoms with Gasteiger partial charge >= 0.3 is 0 Å². The largest absolute Gasteiger partial charge is 0.488 e. The van der Waals surface area contributed by atoms with E-state index < -0.39 is 0 Å². The molecule has 0 saturated carbocycles. The van der Waals surface area contributed by atoms with Gasteiger partial charge in [0.25, 0.3) is 5.91 Å². The number of piperazine rings is 1. The Morgan fingerprint density at radius 3 is 2.58 bits per heavy atom. The number of nitrogens with zero attached hydrogens (tertiary/aromatic N) is 3. The molecule has 3 aromatic rings. The van der Waals surface area contributed by atoms with Crippen molar-refractivity contribution >= 4 is 16.8 Å². The van der Waals surface area contributed by atoms with Gasteiger partial charge < -0.3 is 19.1 Å². The van der Waals surface area contributed by atoms with Crippen LogP contribution in [0.4, 0.5) is 0 Å². The average Bonchev–Trinajstić information content (AvgIpc) is 3.16. The summed E-state index contributed by atoms with van der Waals surface area (Å²) in [5.41, 5.74) is 4.05. The third-order valence-electron chi connectivity index (χ3n) is 6.02. The van der Waals surface area contributed by atoms with E-state index in [-0.39, 0.29) is 5.91 Å². The van der Waals surface area contributed by atoms with Gasteiger partial charge in [0.15, 0.2) is 0 Å². The molecule has 0 N–H and O–H groups in total. The molecule has 1 fully saturated rings. The summed E-state index contributed by atoms with van der Waals surface area (Å²) < 4.78 is 8.24. The number of aromatic nitrogens is 1. The number of rotatable bonds is 7. The molecule has 1 amide bonds. The van der Waals surface area contributed by atoms with Crippen molar-refractivity contribution in [2.24, 2.45) is 0 Å². The van der Waals surface area contributed by atoms with Crippen LogP contribution in [0.2, 0.25) is 0 Å². The van der Waals surface area contributed by atoms with Gasteiger partial charge in [0, 0.05) is 38.1 Å². The monoisotopic (exact) mass is 417 g/mol. The molecule has 0 bridgehead atoms. The average molecular weight is 418 g/mol. The van der Waals surface area contributed by atoms with E-state index in [0.717, 1.165) is 54.9 Å². The highest BCUT2D eigenvalue weighted by Crippen LogP contribution is 2.30. The summed E-state index contributed by atoms with van der Waals surface area (Å²) in [6.07, 6.45) is 1.84. The fourth-order valence-electron chi connectivity index (χ4n) is 4.28. The van der Waals surface area contributed by atoms with E-state index >= 15 is 0 Å². The van der Waals surface area contributed by atoms with Crippen molar-refractivity contribution in [3.63, 3.8) is 0 Å². The van der Waals surface area contributed by atoms with Crippen molar-refractivity contribution in [1.29, 1.82) is 0 Å². The van der Waals surface area contributed by atoms with Crippen LogP contribution in [-0.2, 0) is 13.2 Å². The van der Waals surface area contributed by atoms with E-state index in [9.17, 15) is 4.79 Å². The van der Waals surface area contributed by atoms with Crippen LogP contribution in [0.15, 0.2) is 61.2 Å². The van der Waals surface area contributed by atoms with Gasteiger partial charge in [-0.05, 0) is 37.2 Å². The lowest BCUT2D eigenvalue weighted by Crippen LogP contribution is -2.48. The summed E-state index contributed by atoms with van der Waals surface area (Å²) in [6, 6.07) is 16.3. The highest BCUT2D eigenvalue weighted by molar-refractivity contribution is 6.00. The maximum atomic E-state index is 13.4. The second-order valence-corrected chi connectivity index (χ2v) is 8.12. The lowest BCUT2D eigenvalue weighted by molar-refractivity contribution is 0.0634. The number of allylic oxidation sites excluding steroid dienone is 1. The van der Waals surface area contributed by atoms with Crippen LogP contribution in [0.5, 0.6) is 5.75 Å². The molecular formula is C26H31N3O2. The first-order valence-corrected chi connectivity index (χ1v) is 11.0. The van der Waals surface area contributed by atoms with Gasteiger partial charge in [-0.1, -0.05) is 48.9 Å². The molecule has 0 spiro atoms. The second kappa shape index (κ2) is 9.40. The maximum absolute atomic E-state index is 13.4. The third-order valence-corrected chi connectivity index (χ3v) is 6.02. The van der Waals surface area contributed by atoms with Crippen molar-refractivity contribution < 1.29 is 9.53 Å². The van der Waals surface area contributed by atoms with Gasteiger partial charge in [-0.2, -0.15) is 0 Å². The van der Waals surface area contributed by atoms with Crippen LogP contribution in [0, 0.1) is 6.92 Å². The lowest BCUT2D eigenvalue weighted by atomic mass is 10.1. The molecular weight excluding hydrogens is 386 g/mol. The van der Waals surface area contributed by atoms with Crippen molar-refractivity contribution in [3.8, 4) is 5.75 Å². The summed E-state index contributed by atoms with van der Waals surface area (Å²) >= 11 is 0. The molecule has 1 saturated heterocycles. The molecule has 0 atom stereocenters. The molecule has 5 heteroatoms. The van der Waals surface area contributed by atoms with Crippen LogP contribution in [0.1, 0.15) is 28.5 Å². The number of hydrogen-bond acceptors (Lipinski definition) is 3. The Bertz CT molecular complexity index is 1080. The van der Waals surface area contributed by atoms with E-state index in [4.69, 9.17) is 4.74 Å². The standard InChI is InChI=1S/C26H31N3O2/c1-4-12-29-23-10-7-11-25(31-19-21-9-6-8-20(3)17-21)22(23)18-24(29)26(30)28-15-13-27(5-2)14-16-28/h4,6-11,17-18H,1,5,12-16,19H2,2-3H3. The van der Waals surface area contributed by atoms with Crippen LogP contribution in [0.25, 0.3) is 10.9 Å². The maximum Gasteiger partial charge on any atom is 0.270 e. The van der Waals surface area contributed by atoms with Gasteiger partial charge in [-0.3, -0.25) is 4.79 Å². The van der Waals surface area contributed by atoms with Crippen molar-refractivity contribution in [2.75, 3.05) is 32.7 Å².